The maximum atomic E-state index is 12.6. The van der Waals surface area contributed by atoms with Crippen LogP contribution in [-0.4, -0.2) is 24.4 Å². The third-order valence-corrected chi connectivity index (χ3v) is 4.18. The van der Waals surface area contributed by atoms with Gasteiger partial charge in [-0.3, -0.25) is 9.05 Å². The van der Waals surface area contributed by atoms with E-state index < -0.39 is 18.8 Å². The molecule has 0 aromatic rings. The Kier molecular flexibility index (Phi) is 10.3. The molecule has 0 amide bonds. The average molecular weight is 348 g/mol. The van der Waals surface area contributed by atoms with Crippen LogP contribution >= 0.6 is 7.60 Å². The topological polar surface area (TPSA) is 54.0 Å². The summed E-state index contributed by atoms with van der Waals surface area (Å²) in [7, 11) is -3.42. The summed E-state index contributed by atoms with van der Waals surface area (Å²) in [5.41, 5.74) is 1.33. The Morgan fingerprint density at radius 2 is 1.39 bits per heavy atom. The summed E-state index contributed by atoms with van der Waals surface area (Å²) in [4.78, 5) is 10.9. The number of hydrogen-bond acceptors (Lipinski definition) is 5. The van der Waals surface area contributed by atoms with E-state index in [1.807, 2.05) is 27.7 Å². The first-order chi connectivity index (χ1) is 10.6. The first-order valence-electron chi connectivity index (χ1n) is 8.40. The second kappa shape index (κ2) is 10.5. The lowest BCUT2D eigenvalue weighted by atomic mass is 10.0. The molecule has 0 heterocycles. The van der Waals surface area contributed by atoms with E-state index in [1.54, 1.807) is 13.8 Å². The zero-order chi connectivity index (χ0) is 18.0. The van der Waals surface area contributed by atoms with Gasteiger partial charge in [0.15, 0.2) is 5.60 Å². The summed E-state index contributed by atoms with van der Waals surface area (Å²) in [6.07, 6.45) is 3.35. The molecule has 136 valence electrons. The molecule has 0 aliphatic rings. The number of rotatable bonds is 11. The van der Waals surface area contributed by atoms with Gasteiger partial charge in [0.2, 0.25) is 0 Å². The van der Waals surface area contributed by atoms with E-state index >= 15 is 0 Å². The summed E-state index contributed by atoms with van der Waals surface area (Å²) < 4.78 is 23.2. The molecule has 0 aromatic carbocycles. The van der Waals surface area contributed by atoms with Gasteiger partial charge in [0.1, 0.15) is 0 Å². The second-order valence-electron chi connectivity index (χ2n) is 6.59. The maximum absolute atomic E-state index is 12.6. The van der Waals surface area contributed by atoms with Crippen LogP contribution in [-0.2, 0) is 23.4 Å². The highest BCUT2D eigenvalue weighted by molar-refractivity contribution is 7.59. The molecule has 0 fully saturated rings. The molecule has 0 radical (unpaired) electrons. The van der Waals surface area contributed by atoms with E-state index in [4.69, 9.17) is 18.8 Å². The molecule has 0 saturated heterocycles. The minimum absolute atomic E-state index is 0.344. The Morgan fingerprint density at radius 3 is 1.83 bits per heavy atom. The molecule has 0 unspecified atom stereocenters. The molecule has 6 heteroatoms. The molecule has 0 aliphatic heterocycles. The molecule has 0 rings (SSSR count). The van der Waals surface area contributed by atoms with Gasteiger partial charge in [0.05, 0.1) is 18.8 Å². The lowest BCUT2D eigenvalue weighted by Gasteiger charge is -2.27. The van der Waals surface area contributed by atoms with Crippen molar-refractivity contribution >= 4 is 7.60 Å². The summed E-state index contributed by atoms with van der Waals surface area (Å²) in [6.45, 7) is 14.1. The standard InChI is InChI=1S/C17H33O5P/c1-8-11-16(4,5)21-22-17(6,7)12-15-23(18,19-13-9-2)20-14-10-3/h8-11,13-14H2,1-7H3. The largest absolute Gasteiger partial charge is 0.405 e. The molecule has 0 saturated carbocycles. The van der Waals surface area contributed by atoms with Crippen LogP contribution in [0.25, 0.3) is 0 Å². The molecule has 0 spiro atoms. The van der Waals surface area contributed by atoms with Crippen LogP contribution in [0.2, 0.25) is 0 Å². The Bertz CT molecular complexity index is 422. The fourth-order valence-corrected chi connectivity index (χ4v) is 3.07. The predicted octanol–water partition coefficient (Wildman–Crippen LogP) is 5.30. The fourth-order valence-electron chi connectivity index (χ4n) is 1.61. The van der Waals surface area contributed by atoms with Crippen LogP contribution in [0.1, 0.15) is 74.1 Å². The van der Waals surface area contributed by atoms with Crippen LogP contribution in [0.5, 0.6) is 0 Å². The van der Waals surface area contributed by atoms with Gasteiger partial charge in [-0.2, -0.15) is 0 Å². The van der Waals surface area contributed by atoms with Crippen LogP contribution in [0.4, 0.5) is 0 Å². The maximum Gasteiger partial charge on any atom is 0.405 e. The van der Waals surface area contributed by atoms with E-state index in [1.165, 1.54) is 0 Å². The smallest absolute Gasteiger partial charge is 0.299 e. The lowest BCUT2D eigenvalue weighted by molar-refractivity contribution is -0.389. The zero-order valence-corrected chi connectivity index (χ0v) is 16.6. The van der Waals surface area contributed by atoms with Crippen molar-refractivity contribution in [2.45, 2.75) is 85.4 Å². The average Bonchev–Trinajstić information content (AvgIpc) is 2.48. The normalized spacial score (nSPS) is 12.8. The van der Waals surface area contributed by atoms with Crippen molar-refractivity contribution in [3.8, 4) is 11.6 Å². The van der Waals surface area contributed by atoms with Gasteiger partial charge in [-0.15, -0.1) is 0 Å². The van der Waals surface area contributed by atoms with E-state index in [2.05, 4.69) is 18.5 Å². The van der Waals surface area contributed by atoms with Gasteiger partial charge in [-0.25, -0.2) is 14.3 Å². The molecule has 0 atom stereocenters. The van der Waals surface area contributed by atoms with E-state index in [9.17, 15) is 4.57 Å². The summed E-state index contributed by atoms with van der Waals surface area (Å²) in [6, 6.07) is 0. The van der Waals surface area contributed by atoms with Crippen LogP contribution < -0.4 is 0 Å². The lowest BCUT2D eigenvalue weighted by Crippen LogP contribution is -2.31. The third kappa shape index (κ3) is 10.9. The Hall–Kier alpha value is -0.370. The summed E-state index contributed by atoms with van der Waals surface area (Å²) >= 11 is 0. The monoisotopic (exact) mass is 348 g/mol. The van der Waals surface area contributed by atoms with Gasteiger partial charge < -0.3 is 0 Å². The molecule has 5 nitrogen and oxygen atoms in total. The molecule has 0 N–H and O–H groups in total. The SMILES string of the molecule is CCCOP(=O)(C#CC(C)(C)OOC(C)(C)CCC)OCCC. The van der Waals surface area contributed by atoms with Crippen LogP contribution in [0.15, 0.2) is 0 Å². The molecular formula is C17H33O5P. The fraction of sp³-hybridized carbons (Fsp3) is 0.882. The Balaban J connectivity index is 4.88. The minimum atomic E-state index is -3.42. The Morgan fingerprint density at radius 1 is 0.870 bits per heavy atom. The zero-order valence-electron chi connectivity index (χ0n) is 15.7. The van der Waals surface area contributed by atoms with Crippen molar-refractivity contribution < 1.29 is 23.4 Å². The van der Waals surface area contributed by atoms with Crippen molar-refractivity contribution in [2.75, 3.05) is 13.2 Å². The first-order valence-corrected chi connectivity index (χ1v) is 9.94. The molecular weight excluding hydrogens is 315 g/mol. The van der Waals surface area contributed by atoms with Crippen LogP contribution in [0, 0.1) is 11.6 Å². The molecule has 23 heavy (non-hydrogen) atoms. The van der Waals surface area contributed by atoms with Crippen LogP contribution in [0.3, 0.4) is 0 Å². The first kappa shape index (κ1) is 22.6. The van der Waals surface area contributed by atoms with Crippen molar-refractivity contribution in [1.82, 2.24) is 0 Å². The highest BCUT2D eigenvalue weighted by Crippen LogP contribution is 2.47. The van der Waals surface area contributed by atoms with Gasteiger partial charge in [-0.1, -0.05) is 33.1 Å². The molecule has 0 aliphatic carbocycles. The summed E-state index contributed by atoms with van der Waals surface area (Å²) in [5.74, 6) is 2.82. The Labute approximate surface area is 141 Å². The van der Waals surface area contributed by atoms with Gasteiger partial charge in [0, 0.05) is 5.66 Å². The van der Waals surface area contributed by atoms with Gasteiger partial charge >= 0.3 is 7.60 Å². The third-order valence-electron chi connectivity index (χ3n) is 2.75. The van der Waals surface area contributed by atoms with Crippen molar-refractivity contribution in [3.05, 3.63) is 0 Å². The second-order valence-corrected chi connectivity index (χ2v) is 8.32. The predicted molar refractivity (Wildman–Crippen MR) is 93.1 cm³/mol. The van der Waals surface area contributed by atoms with Crippen molar-refractivity contribution in [2.24, 2.45) is 0 Å². The highest BCUT2D eigenvalue weighted by atomic mass is 31.2. The van der Waals surface area contributed by atoms with Crippen molar-refractivity contribution in [1.29, 1.82) is 0 Å². The molecule has 0 aromatic heterocycles. The van der Waals surface area contributed by atoms with Gasteiger partial charge in [-0.05, 0) is 47.0 Å². The van der Waals surface area contributed by atoms with Gasteiger partial charge in [0.25, 0.3) is 0 Å². The van der Waals surface area contributed by atoms with E-state index in [0.717, 1.165) is 25.7 Å². The minimum Gasteiger partial charge on any atom is -0.299 e. The molecule has 0 bridgehead atoms. The highest BCUT2D eigenvalue weighted by Gasteiger charge is 2.27. The number of hydrogen-bond donors (Lipinski definition) is 0. The van der Waals surface area contributed by atoms with E-state index in [0.29, 0.717) is 13.2 Å². The van der Waals surface area contributed by atoms with Crippen molar-refractivity contribution in [3.63, 3.8) is 0 Å². The quantitative estimate of drug-likeness (QED) is 0.219. The van der Waals surface area contributed by atoms with E-state index in [-0.39, 0.29) is 0 Å². The summed E-state index contributed by atoms with van der Waals surface area (Å²) in [5, 5.41) is 0.